The van der Waals surface area contributed by atoms with Crippen molar-refractivity contribution in [1.82, 2.24) is 0 Å². The van der Waals surface area contributed by atoms with E-state index in [0.717, 1.165) is 28.0 Å². The van der Waals surface area contributed by atoms with E-state index in [1.165, 1.54) is 5.56 Å². The second-order valence-corrected chi connectivity index (χ2v) is 4.74. The van der Waals surface area contributed by atoms with Gasteiger partial charge in [-0.2, -0.15) is 0 Å². The van der Waals surface area contributed by atoms with Gasteiger partial charge in [0.25, 0.3) is 0 Å². The molecule has 0 aliphatic carbocycles. The molecule has 0 N–H and O–H groups in total. The molecule has 1 nitrogen and oxygen atoms in total. The number of terminal acetylenes is 1. The van der Waals surface area contributed by atoms with Gasteiger partial charge in [0, 0.05) is 11.1 Å². The molecule has 0 saturated carbocycles. The van der Waals surface area contributed by atoms with Crippen LogP contribution in [0.3, 0.4) is 0 Å². The molecule has 0 atom stereocenters. The van der Waals surface area contributed by atoms with E-state index in [-0.39, 0.29) is 0 Å². The molecule has 0 fully saturated rings. The molecule has 0 bridgehead atoms. The minimum absolute atomic E-state index is 0.565. The smallest absolute Gasteiger partial charge is 0.127 e. The summed E-state index contributed by atoms with van der Waals surface area (Å²) in [5, 5.41) is 0. The Morgan fingerprint density at radius 1 is 1.05 bits per heavy atom. The number of hydrogen-bond donors (Lipinski definition) is 0. The first-order valence-electron chi connectivity index (χ1n) is 6.37. The van der Waals surface area contributed by atoms with Crippen LogP contribution in [-0.4, -0.2) is 0 Å². The summed E-state index contributed by atoms with van der Waals surface area (Å²) in [5.41, 5.74) is 5.44. The van der Waals surface area contributed by atoms with Crippen molar-refractivity contribution >= 4 is 0 Å². The van der Waals surface area contributed by atoms with E-state index in [1.807, 2.05) is 31.2 Å². The van der Waals surface area contributed by atoms with Crippen molar-refractivity contribution in [1.29, 1.82) is 0 Å². The van der Waals surface area contributed by atoms with E-state index < -0.39 is 0 Å². The zero-order valence-electron chi connectivity index (χ0n) is 11.7. The molecule has 0 aliphatic rings. The maximum absolute atomic E-state index is 5.98. The summed E-state index contributed by atoms with van der Waals surface area (Å²) >= 11 is 0. The van der Waals surface area contributed by atoms with Gasteiger partial charge in [0.05, 0.1) is 0 Å². The molecule has 0 saturated heterocycles. The summed E-state index contributed by atoms with van der Waals surface area (Å²) < 4.78 is 5.98. The maximum atomic E-state index is 5.98. The van der Waals surface area contributed by atoms with E-state index in [4.69, 9.17) is 11.2 Å². The van der Waals surface area contributed by atoms with Crippen molar-refractivity contribution in [3.63, 3.8) is 0 Å². The SMILES string of the molecule is C#Cc1cc(C)c(C)c(OCc2ccccc2)c1C. The lowest BCUT2D eigenvalue weighted by Gasteiger charge is -2.15. The summed E-state index contributed by atoms with van der Waals surface area (Å²) in [6.45, 7) is 6.71. The molecule has 0 heterocycles. The predicted molar refractivity (Wildman–Crippen MR) is 79.4 cm³/mol. The molecule has 1 heteroatoms. The monoisotopic (exact) mass is 250 g/mol. The summed E-state index contributed by atoms with van der Waals surface area (Å²) in [5.74, 6) is 3.64. The fourth-order valence-corrected chi connectivity index (χ4v) is 2.11. The molecular weight excluding hydrogens is 232 g/mol. The van der Waals surface area contributed by atoms with Crippen LogP contribution in [0.1, 0.15) is 27.8 Å². The number of ether oxygens (including phenoxy) is 1. The van der Waals surface area contributed by atoms with Gasteiger partial charge in [-0.15, -0.1) is 6.42 Å². The standard InChI is InChI=1S/C18H18O/c1-5-17-11-13(2)14(3)18(15(17)4)19-12-16-9-7-6-8-10-16/h1,6-11H,12H2,2-4H3. The van der Waals surface area contributed by atoms with Gasteiger partial charge in [-0.25, -0.2) is 0 Å². The fraction of sp³-hybridized carbons (Fsp3) is 0.222. The zero-order valence-corrected chi connectivity index (χ0v) is 11.7. The van der Waals surface area contributed by atoms with E-state index in [1.54, 1.807) is 0 Å². The topological polar surface area (TPSA) is 9.23 Å². The van der Waals surface area contributed by atoms with Gasteiger partial charge in [-0.1, -0.05) is 36.3 Å². The van der Waals surface area contributed by atoms with Crippen molar-refractivity contribution in [2.24, 2.45) is 0 Å². The average molecular weight is 250 g/mol. The zero-order chi connectivity index (χ0) is 13.8. The Bertz CT molecular complexity index is 618. The third-order valence-electron chi connectivity index (χ3n) is 3.42. The molecule has 2 aromatic rings. The van der Waals surface area contributed by atoms with Crippen LogP contribution in [0.5, 0.6) is 5.75 Å². The second-order valence-electron chi connectivity index (χ2n) is 4.74. The number of benzene rings is 2. The average Bonchev–Trinajstić information content (AvgIpc) is 2.44. The van der Waals surface area contributed by atoms with Crippen LogP contribution in [0.2, 0.25) is 0 Å². The Balaban J connectivity index is 2.30. The van der Waals surface area contributed by atoms with Gasteiger partial charge >= 0.3 is 0 Å². The number of aryl methyl sites for hydroxylation is 1. The first-order chi connectivity index (χ1) is 9.13. The quantitative estimate of drug-likeness (QED) is 0.743. The van der Waals surface area contributed by atoms with Gasteiger partial charge in [0.1, 0.15) is 12.4 Å². The third kappa shape index (κ3) is 2.80. The predicted octanol–water partition coefficient (Wildman–Crippen LogP) is 4.17. The molecule has 2 rings (SSSR count). The Morgan fingerprint density at radius 2 is 1.74 bits per heavy atom. The lowest BCUT2D eigenvalue weighted by molar-refractivity contribution is 0.301. The summed E-state index contributed by atoms with van der Waals surface area (Å²) in [4.78, 5) is 0. The van der Waals surface area contributed by atoms with Crippen molar-refractivity contribution in [2.45, 2.75) is 27.4 Å². The molecule has 19 heavy (non-hydrogen) atoms. The van der Waals surface area contributed by atoms with Crippen LogP contribution in [0.15, 0.2) is 36.4 Å². The highest BCUT2D eigenvalue weighted by molar-refractivity contribution is 5.54. The van der Waals surface area contributed by atoms with Crippen molar-refractivity contribution in [3.8, 4) is 18.1 Å². The van der Waals surface area contributed by atoms with Crippen LogP contribution in [-0.2, 0) is 6.61 Å². The number of rotatable bonds is 3. The molecule has 0 aromatic heterocycles. The molecular formula is C18H18O. The largest absolute Gasteiger partial charge is 0.488 e. The highest BCUT2D eigenvalue weighted by atomic mass is 16.5. The Labute approximate surface area is 115 Å². The van der Waals surface area contributed by atoms with E-state index in [0.29, 0.717) is 6.61 Å². The van der Waals surface area contributed by atoms with Crippen molar-refractivity contribution in [3.05, 3.63) is 64.2 Å². The van der Waals surface area contributed by atoms with Crippen LogP contribution in [0.4, 0.5) is 0 Å². The van der Waals surface area contributed by atoms with Crippen molar-refractivity contribution < 1.29 is 4.74 Å². The third-order valence-corrected chi connectivity index (χ3v) is 3.42. The molecule has 96 valence electrons. The lowest BCUT2D eigenvalue weighted by Crippen LogP contribution is -2.01. The minimum Gasteiger partial charge on any atom is -0.488 e. The molecule has 0 unspecified atom stereocenters. The van der Waals surface area contributed by atoms with Gasteiger partial charge in [0.15, 0.2) is 0 Å². The molecule has 0 radical (unpaired) electrons. The van der Waals surface area contributed by atoms with E-state index >= 15 is 0 Å². The first-order valence-corrected chi connectivity index (χ1v) is 6.37. The van der Waals surface area contributed by atoms with Gasteiger partial charge in [-0.05, 0) is 43.5 Å². The highest BCUT2D eigenvalue weighted by Gasteiger charge is 2.10. The lowest BCUT2D eigenvalue weighted by atomic mass is 9.99. The van der Waals surface area contributed by atoms with Gasteiger partial charge in [-0.3, -0.25) is 0 Å². The normalized spacial score (nSPS) is 10.0. The van der Waals surface area contributed by atoms with Crippen LogP contribution < -0.4 is 4.74 Å². The fourth-order valence-electron chi connectivity index (χ4n) is 2.11. The summed E-state index contributed by atoms with van der Waals surface area (Å²) in [6, 6.07) is 12.2. The van der Waals surface area contributed by atoms with Gasteiger partial charge < -0.3 is 4.74 Å². The number of hydrogen-bond acceptors (Lipinski definition) is 1. The molecule has 0 aliphatic heterocycles. The Hall–Kier alpha value is -2.20. The van der Waals surface area contributed by atoms with E-state index in [9.17, 15) is 0 Å². The minimum atomic E-state index is 0.565. The maximum Gasteiger partial charge on any atom is 0.127 e. The molecule has 0 amide bonds. The Morgan fingerprint density at radius 3 is 2.37 bits per heavy atom. The Kier molecular flexibility index (Phi) is 3.92. The van der Waals surface area contributed by atoms with Crippen LogP contribution in [0, 0.1) is 33.1 Å². The van der Waals surface area contributed by atoms with Crippen LogP contribution in [0.25, 0.3) is 0 Å². The second kappa shape index (κ2) is 5.63. The summed E-state index contributed by atoms with van der Waals surface area (Å²) in [7, 11) is 0. The first kappa shape index (κ1) is 13.2. The molecule has 0 spiro atoms. The van der Waals surface area contributed by atoms with Gasteiger partial charge in [0.2, 0.25) is 0 Å². The summed E-state index contributed by atoms with van der Waals surface area (Å²) in [6.07, 6.45) is 5.54. The van der Waals surface area contributed by atoms with Crippen molar-refractivity contribution in [2.75, 3.05) is 0 Å². The van der Waals surface area contributed by atoms with E-state index in [2.05, 4.69) is 31.9 Å². The highest BCUT2D eigenvalue weighted by Crippen LogP contribution is 2.29. The molecule has 2 aromatic carbocycles. The van der Waals surface area contributed by atoms with Crippen LogP contribution >= 0.6 is 0 Å².